The maximum Gasteiger partial charge on any atom is 0.301 e. The summed E-state index contributed by atoms with van der Waals surface area (Å²) in [6.45, 7) is 0. The molecule has 7 nitrogen and oxygen atoms in total. The fourth-order valence-corrected chi connectivity index (χ4v) is 5.14. The number of hydrogen-bond acceptors (Lipinski definition) is 7. The third-order valence-electron chi connectivity index (χ3n) is 5.77. The average molecular weight is 491 g/mol. The van der Waals surface area contributed by atoms with Gasteiger partial charge in [0.15, 0.2) is 5.13 Å². The predicted molar refractivity (Wildman–Crippen MR) is 130 cm³/mol. The van der Waals surface area contributed by atoms with Crippen LogP contribution < -0.4 is 14.4 Å². The van der Waals surface area contributed by atoms with Crippen LogP contribution in [0.5, 0.6) is 11.5 Å². The Bertz CT molecular complexity index is 1500. The summed E-state index contributed by atoms with van der Waals surface area (Å²) >= 11 is 1.07. The molecule has 1 fully saturated rings. The molecular formula is C26H19FN2O5S. The fraction of sp³-hybridized carbons (Fsp3) is 0.115. The van der Waals surface area contributed by atoms with Crippen LogP contribution in [0.3, 0.4) is 0 Å². The van der Waals surface area contributed by atoms with Gasteiger partial charge in [-0.3, -0.25) is 14.5 Å². The van der Waals surface area contributed by atoms with E-state index in [1.54, 1.807) is 48.5 Å². The normalized spacial score (nSPS) is 17.2. The molecule has 2 heterocycles. The second-order valence-electron chi connectivity index (χ2n) is 7.75. The van der Waals surface area contributed by atoms with Crippen molar-refractivity contribution < 1.29 is 28.6 Å². The van der Waals surface area contributed by atoms with E-state index >= 15 is 0 Å². The molecule has 1 saturated heterocycles. The molecule has 9 heteroatoms. The Morgan fingerprint density at radius 1 is 1.03 bits per heavy atom. The van der Waals surface area contributed by atoms with Gasteiger partial charge >= 0.3 is 5.91 Å². The summed E-state index contributed by atoms with van der Waals surface area (Å²) in [5.74, 6) is -1.65. The van der Waals surface area contributed by atoms with Crippen LogP contribution in [0, 0.1) is 5.82 Å². The molecule has 0 saturated carbocycles. The first-order chi connectivity index (χ1) is 16.9. The lowest BCUT2D eigenvalue weighted by atomic mass is 9.94. The van der Waals surface area contributed by atoms with Crippen LogP contribution in [0.4, 0.5) is 9.52 Å². The van der Waals surface area contributed by atoms with Crippen LogP contribution in [0.1, 0.15) is 17.2 Å². The largest absolute Gasteiger partial charge is 0.507 e. The van der Waals surface area contributed by atoms with Gasteiger partial charge in [0, 0.05) is 11.1 Å². The molecule has 1 atom stereocenters. The molecular weight excluding hydrogens is 471 g/mol. The smallest absolute Gasteiger partial charge is 0.301 e. The molecule has 1 N–H and O–H groups in total. The number of rotatable bonds is 5. The number of carbonyl (C=O) groups excluding carboxylic acids is 2. The maximum absolute atomic E-state index is 13.8. The number of methoxy groups -OCH3 is 2. The Balaban J connectivity index is 1.79. The van der Waals surface area contributed by atoms with E-state index in [4.69, 9.17) is 9.47 Å². The molecule has 1 aliphatic rings. The first kappa shape index (κ1) is 22.5. The first-order valence-electron chi connectivity index (χ1n) is 10.6. The Labute approximate surface area is 203 Å². The lowest BCUT2D eigenvalue weighted by molar-refractivity contribution is -0.132. The first-order valence-corrected chi connectivity index (χ1v) is 11.4. The summed E-state index contributed by atoms with van der Waals surface area (Å²) in [6.07, 6.45) is 0. The van der Waals surface area contributed by atoms with Gasteiger partial charge in [0.05, 0.1) is 30.0 Å². The van der Waals surface area contributed by atoms with E-state index in [1.807, 2.05) is 0 Å². The molecule has 0 unspecified atom stereocenters. The Hall–Kier alpha value is -4.24. The summed E-state index contributed by atoms with van der Waals surface area (Å²) in [5, 5.41) is 11.4. The topological polar surface area (TPSA) is 89.0 Å². The highest BCUT2D eigenvalue weighted by Crippen LogP contribution is 2.47. The molecule has 0 radical (unpaired) electrons. The summed E-state index contributed by atoms with van der Waals surface area (Å²) < 4.78 is 25.2. The van der Waals surface area contributed by atoms with Crippen LogP contribution in [0.15, 0.2) is 72.3 Å². The number of aromatic nitrogens is 1. The lowest BCUT2D eigenvalue weighted by Gasteiger charge is -2.25. The summed E-state index contributed by atoms with van der Waals surface area (Å²) in [5.41, 5.74) is 1.17. The molecule has 5 rings (SSSR count). The van der Waals surface area contributed by atoms with Crippen molar-refractivity contribution in [3.63, 3.8) is 0 Å². The second-order valence-corrected chi connectivity index (χ2v) is 8.76. The Morgan fingerprint density at radius 3 is 2.51 bits per heavy atom. The van der Waals surface area contributed by atoms with Crippen molar-refractivity contribution in [2.45, 2.75) is 6.04 Å². The Morgan fingerprint density at radius 2 is 1.80 bits per heavy atom. The van der Waals surface area contributed by atoms with E-state index in [0.717, 1.165) is 11.3 Å². The van der Waals surface area contributed by atoms with Gasteiger partial charge in [0.1, 0.15) is 29.1 Å². The number of aliphatic hydroxyl groups excluding tert-OH is 1. The molecule has 0 spiro atoms. The van der Waals surface area contributed by atoms with Crippen molar-refractivity contribution in [1.29, 1.82) is 0 Å². The standard InChI is InChI=1S/C26H19FN2O5S/c1-33-16-9-11-19(34-2)17(13-16)22-21(23(30)14-6-4-3-5-7-14)24(31)25(32)29(22)26-28-18-10-8-15(27)12-20(18)35-26/h3-13,22,30H,1-2H3/t22-/m0/s1. The molecule has 4 aromatic rings. The molecule has 176 valence electrons. The highest BCUT2D eigenvalue weighted by Gasteiger charge is 2.49. The summed E-state index contributed by atoms with van der Waals surface area (Å²) in [7, 11) is 2.96. The van der Waals surface area contributed by atoms with Gasteiger partial charge < -0.3 is 14.6 Å². The van der Waals surface area contributed by atoms with Crippen LogP contribution in [0.2, 0.25) is 0 Å². The van der Waals surface area contributed by atoms with E-state index in [9.17, 15) is 19.1 Å². The number of nitrogens with zero attached hydrogens (tertiary/aromatic N) is 2. The maximum atomic E-state index is 13.8. The monoisotopic (exact) mass is 490 g/mol. The zero-order valence-electron chi connectivity index (χ0n) is 18.7. The minimum Gasteiger partial charge on any atom is -0.507 e. The Kier molecular flexibility index (Phi) is 5.70. The predicted octanol–water partition coefficient (Wildman–Crippen LogP) is 5.08. The quantitative estimate of drug-likeness (QED) is 0.239. The molecule has 3 aromatic carbocycles. The number of hydrogen-bond donors (Lipinski definition) is 1. The van der Waals surface area contributed by atoms with Crippen LogP contribution >= 0.6 is 11.3 Å². The zero-order chi connectivity index (χ0) is 24.7. The second kappa shape index (κ2) is 8.84. The molecule has 0 bridgehead atoms. The number of amides is 1. The van der Waals surface area contributed by atoms with Gasteiger partial charge in [0.2, 0.25) is 0 Å². The van der Waals surface area contributed by atoms with Crippen molar-refractivity contribution in [3.05, 3.63) is 89.2 Å². The number of anilines is 1. The van der Waals surface area contributed by atoms with Gasteiger partial charge in [-0.05, 0) is 36.4 Å². The van der Waals surface area contributed by atoms with Gasteiger partial charge in [-0.25, -0.2) is 9.37 Å². The number of benzene rings is 3. The third kappa shape index (κ3) is 3.79. The number of ketones is 1. The van der Waals surface area contributed by atoms with Gasteiger partial charge in [0.25, 0.3) is 5.78 Å². The number of aliphatic hydroxyl groups is 1. The zero-order valence-corrected chi connectivity index (χ0v) is 19.5. The van der Waals surface area contributed by atoms with E-state index < -0.39 is 23.5 Å². The van der Waals surface area contributed by atoms with E-state index in [-0.39, 0.29) is 16.5 Å². The van der Waals surface area contributed by atoms with Crippen molar-refractivity contribution in [2.75, 3.05) is 19.1 Å². The highest BCUT2D eigenvalue weighted by atomic mass is 32.1. The summed E-state index contributed by atoms with van der Waals surface area (Å²) in [4.78, 5) is 32.4. The number of thiazole rings is 1. The minimum atomic E-state index is -1.06. The fourth-order valence-electron chi connectivity index (χ4n) is 4.12. The van der Waals surface area contributed by atoms with Crippen LogP contribution in [-0.2, 0) is 9.59 Å². The number of ether oxygens (including phenoxy) is 2. The number of carbonyl (C=O) groups is 2. The highest BCUT2D eigenvalue weighted by molar-refractivity contribution is 7.22. The van der Waals surface area contributed by atoms with E-state index in [1.165, 1.54) is 37.3 Å². The van der Waals surface area contributed by atoms with Crippen molar-refractivity contribution in [3.8, 4) is 11.5 Å². The van der Waals surface area contributed by atoms with Gasteiger partial charge in [-0.2, -0.15) is 0 Å². The molecule has 1 aliphatic heterocycles. The average Bonchev–Trinajstić information content (AvgIpc) is 3.41. The van der Waals surface area contributed by atoms with Crippen LogP contribution in [0.25, 0.3) is 16.0 Å². The molecule has 1 amide bonds. The van der Waals surface area contributed by atoms with E-state index in [2.05, 4.69) is 4.98 Å². The molecule has 0 aliphatic carbocycles. The third-order valence-corrected chi connectivity index (χ3v) is 6.79. The molecule has 1 aromatic heterocycles. The number of Topliss-reactive ketones (excluding diaryl/α,β-unsaturated/α-hetero) is 1. The number of fused-ring (bicyclic) bond motifs is 1. The SMILES string of the molecule is COc1ccc(OC)c([C@H]2C(=C(O)c3ccccc3)C(=O)C(=O)N2c2nc3ccc(F)cc3s2)c1. The number of halogens is 1. The van der Waals surface area contributed by atoms with E-state index in [0.29, 0.717) is 32.8 Å². The van der Waals surface area contributed by atoms with Gasteiger partial charge in [-0.1, -0.05) is 41.7 Å². The van der Waals surface area contributed by atoms with Gasteiger partial charge in [-0.15, -0.1) is 0 Å². The molecule has 35 heavy (non-hydrogen) atoms. The van der Waals surface area contributed by atoms with Crippen molar-refractivity contribution in [2.24, 2.45) is 0 Å². The minimum absolute atomic E-state index is 0.113. The lowest BCUT2D eigenvalue weighted by Crippen LogP contribution is -2.29. The van der Waals surface area contributed by atoms with Crippen molar-refractivity contribution in [1.82, 2.24) is 4.98 Å². The van der Waals surface area contributed by atoms with Crippen LogP contribution in [-0.4, -0.2) is 36.0 Å². The summed E-state index contributed by atoms with van der Waals surface area (Å²) in [6, 6.07) is 16.5. The van der Waals surface area contributed by atoms with Crippen molar-refractivity contribution >= 4 is 44.1 Å².